The largest absolute Gasteiger partial charge is 0.314 e. The van der Waals surface area contributed by atoms with Crippen LogP contribution in [0.15, 0.2) is 0 Å². The van der Waals surface area contributed by atoms with Gasteiger partial charge < -0.3 is 5.32 Å². The van der Waals surface area contributed by atoms with Gasteiger partial charge in [-0.15, -0.1) is 0 Å². The molecule has 1 heteroatoms. The Morgan fingerprint density at radius 1 is 0.947 bits per heavy atom. The predicted octanol–water partition coefficient (Wildman–Crippen LogP) is 5.01. The first-order valence-corrected chi connectivity index (χ1v) is 8.68. The first-order chi connectivity index (χ1) is 8.95. The first-order valence-electron chi connectivity index (χ1n) is 8.68. The molecular formula is C18H35N. The summed E-state index contributed by atoms with van der Waals surface area (Å²) < 4.78 is 0. The van der Waals surface area contributed by atoms with E-state index in [-0.39, 0.29) is 0 Å². The van der Waals surface area contributed by atoms with Gasteiger partial charge in [-0.25, -0.2) is 0 Å². The Morgan fingerprint density at radius 2 is 1.63 bits per heavy atom. The van der Waals surface area contributed by atoms with Crippen LogP contribution in [0, 0.1) is 23.2 Å². The van der Waals surface area contributed by atoms with Gasteiger partial charge in [0.2, 0.25) is 0 Å². The third-order valence-electron chi connectivity index (χ3n) is 5.70. The third-order valence-corrected chi connectivity index (χ3v) is 5.70. The van der Waals surface area contributed by atoms with Crippen molar-refractivity contribution in [1.82, 2.24) is 5.32 Å². The van der Waals surface area contributed by atoms with E-state index in [0.717, 1.165) is 23.8 Å². The quantitative estimate of drug-likeness (QED) is 0.756. The molecule has 0 aromatic rings. The van der Waals surface area contributed by atoms with Crippen molar-refractivity contribution in [2.45, 2.75) is 85.1 Å². The van der Waals surface area contributed by atoms with Gasteiger partial charge in [-0.05, 0) is 68.2 Å². The topological polar surface area (TPSA) is 12.0 Å². The van der Waals surface area contributed by atoms with Crippen LogP contribution < -0.4 is 5.32 Å². The van der Waals surface area contributed by atoms with Gasteiger partial charge in [-0.2, -0.15) is 0 Å². The average molecular weight is 265 g/mol. The molecule has 112 valence electrons. The van der Waals surface area contributed by atoms with Crippen molar-refractivity contribution in [3.63, 3.8) is 0 Å². The van der Waals surface area contributed by atoms with Gasteiger partial charge in [0.15, 0.2) is 0 Å². The summed E-state index contributed by atoms with van der Waals surface area (Å²) in [5.41, 5.74) is 0.525. The van der Waals surface area contributed by atoms with Crippen molar-refractivity contribution >= 4 is 0 Å². The molecule has 2 saturated carbocycles. The van der Waals surface area contributed by atoms with E-state index in [4.69, 9.17) is 0 Å². The molecule has 2 aliphatic carbocycles. The number of rotatable bonds is 3. The molecule has 0 aliphatic heterocycles. The van der Waals surface area contributed by atoms with E-state index in [9.17, 15) is 0 Å². The van der Waals surface area contributed by atoms with E-state index >= 15 is 0 Å². The summed E-state index contributed by atoms with van der Waals surface area (Å²) in [6, 6.07) is 0.823. The van der Waals surface area contributed by atoms with Crippen molar-refractivity contribution in [1.29, 1.82) is 0 Å². The van der Waals surface area contributed by atoms with Gasteiger partial charge in [0.1, 0.15) is 0 Å². The minimum atomic E-state index is 0.525. The van der Waals surface area contributed by atoms with Crippen LogP contribution in [0.4, 0.5) is 0 Å². The molecule has 0 aromatic carbocycles. The molecule has 1 nitrogen and oxygen atoms in total. The molecule has 0 amide bonds. The van der Waals surface area contributed by atoms with E-state index in [1.54, 1.807) is 0 Å². The fraction of sp³-hybridized carbons (Fsp3) is 1.00. The second-order valence-electron chi connectivity index (χ2n) is 8.46. The zero-order valence-corrected chi connectivity index (χ0v) is 13.7. The fourth-order valence-electron chi connectivity index (χ4n) is 4.19. The highest BCUT2D eigenvalue weighted by Crippen LogP contribution is 2.39. The molecule has 0 heterocycles. The van der Waals surface area contributed by atoms with Crippen LogP contribution in [0.2, 0.25) is 0 Å². The summed E-state index contributed by atoms with van der Waals surface area (Å²) in [5.74, 6) is 2.86. The zero-order chi connectivity index (χ0) is 13.9. The lowest BCUT2D eigenvalue weighted by Crippen LogP contribution is -2.38. The van der Waals surface area contributed by atoms with E-state index in [0.29, 0.717) is 5.41 Å². The van der Waals surface area contributed by atoms with Crippen LogP contribution in [0.1, 0.15) is 79.1 Å². The highest BCUT2D eigenvalue weighted by Gasteiger charge is 2.30. The highest BCUT2D eigenvalue weighted by molar-refractivity contribution is 4.83. The van der Waals surface area contributed by atoms with E-state index in [1.807, 2.05) is 0 Å². The molecule has 2 fully saturated rings. The molecule has 19 heavy (non-hydrogen) atoms. The molecule has 0 saturated heterocycles. The number of hydrogen-bond acceptors (Lipinski definition) is 1. The third kappa shape index (κ3) is 4.77. The maximum atomic E-state index is 3.88. The Balaban J connectivity index is 1.66. The van der Waals surface area contributed by atoms with Crippen molar-refractivity contribution in [2.75, 3.05) is 6.54 Å². The molecule has 1 N–H and O–H groups in total. The SMILES string of the molecule is CC1CCCC(NCC2CCC(C(C)(C)C)CC2)C1. The molecule has 2 unspecified atom stereocenters. The van der Waals surface area contributed by atoms with E-state index in [2.05, 4.69) is 33.0 Å². The van der Waals surface area contributed by atoms with Crippen LogP contribution in [0.5, 0.6) is 0 Å². The van der Waals surface area contributed by atoms with Gasteiger partial charge >= 0.3 is 0 Å². The first kappa shape index (κ1) is 15.4. The van der Waals surface area contributed by atoms with Crippen molar-refractivity contribution in [3.8, 4) is 0 Å². The van der Waals surface area contributed by atoms with Crippen molar-refractivity contribution < 1.29 is 0 Å². The van der Waals surface area contributed by atoms with Crippen molar-refractivity contribution in [3.05, 3.63) is 0 Å². The fourth-order valence-corrected chi connectivity index (χ4v) is 4.19. The lowest BCUT2D eigenvalue weighted by molar-refractivity contribution is 0.145. The van der Waals surface area contributed by atoms with Gasteiger partial charge in [0.05, 0.1) is 0 Å². The number of hydrogen-bond donors (Lipinski definition) is 1. The lowest BCUT2D eigenvalue weighted by Gasteiger charge is -2.38. The summed E-state index contributed by atoms with van der Waals surface area (Å²) in [4.78, 5) is 0. The molecule has 2 aliphatic rings. The highest BCUT2D eigenvalue weighted by atomic mass is 14.9. The van der Waals surface area contributed by atoms with Crippen molar-refractivity contribution in [2.24, 2.45) is 23.2 Å². The summed E-state index contributed by atoms with van der Waals surface area (Å²) in [6.45, 7) is 11.0. The summed E-state index contributed by atoms with van der Waals surface area (Å²) >= 11 is 0. The summed E-state index contributed by atoms with van der Waals surface area (Å²) in [6.07, 6.45) is 11.5. The Labute approximate surface area is 120 Å². The van der Waals surface area contributed by atoms with Gasteiger partial charge in [-0.3, -0.25) is 0 Å². The smallest absolute Gasteiger partial charge is 0.00697 e. The van der Waals surface area contributed by atoms with Crippen LogP contribution in [-0.4, -0.2) is 12.6 Å². The van der Waals surface area contributed by atoms with Gasteiger partial charge in [-0.1, -0.05) is 40.5 Å². The van der Waals surface area contributed by atoms with Gasteiger partial charge in [0.25, 0.3) is 0 Å². The van der Waals surface area contributed by atoms with Crippen LogP contribution in [0.25, 0.3) is 0 Å². The van der Waals surface area contributed by atoms with Crippen LogP contribution in [0.3, 0.4) is 0 Å². The molecule has 0 spiro atoms. The monoisotopic (exact) mass is 265 g/mol. The summed E-state index contributed by atoms with van der Waals surface area (Å²) in [5, 5.41) is 3.88. The normalized spacial score (nSPS) is 37.3. The Bertz CT molecular complexity index is 257. The minimum absolute atomic E-state index is 0.525. The molecule has 2 atom stereocenters. The second kappa shape index (κ2) is 6.61. The van der Waals surface area contributed by atoms with E-state index < -0.39 is 0 Å². The Hall–Kier alpha value is -0.0400. The lowest BCUT2D eigenvalue weighted by atomic mass is 9.70. The molecule has 0 bridgehead atoms. The van der Waals surface area contributed by atoms with Gasteiger partial charge in [0, 0.05) is 6.04 Å². The van der Waals surface area contributed by atoms with Crippen LogP contribution in [-0.2, 0) is 0 Å². The van der Waals surface area contributed by atoms with E-state index in [1.165, 1.54) is 57.9 Å². The Kier molecular flexibility index (Phi) is 5.34. The minimum Gasteiger partial charge on any atom is -0.314 e. The number of nitrogens with one attached hydrogen (secondary N) is 1. The standard InChI is InChI=1S/C18H35N/c1-14-6-5-7-17(12-14)19-13-15-8-10-16(11-9-15)18(2,3)4/h14-17,19H,5-13H2,1-4H3. The molecule has 0 aromatic heterocycles. The predicted molar refractivity (Wildman–Crippen MR) is 84.3 cm³/mol. The zero-order valence-electron chi connectivity index (χ0n) is 13.7. The van der Waals surface area contributed by atoms with Crippen LogP contribution >= 0.6 is 0 Å². The maximum absolute atomic E-state index is 3.88. The second-order valence-corrected chi connectivity index (χ2v) is 8.46. The summed E-state index contributed by atoms with van der Waals surface area (Å²) in [7, 11) is 0. The molecular weight excluding hydrogens is 230 g/mol. The maximum Gasteiger partial charge on any atom is 0.00697 e. The average Bonchev–Trinajstić information content (AvgIpc) is 2.36. The molecule has 2 rings (SSSR count). The molecule has 0 radical (unpaired) electrons. The Morgan fingerprint density at radius 3 is 2.21 bits per heavy atom.